The number of rotatable bonds is 0. The van der Waals surface area contributed by atoms with Gasteiger partial charge < -0.3 is 31.4 Å². The van der Waals surface area contributed by atoms with Crippen molar-refractivity contribution in [1.29, 1.82) is 0 Å². The molecule has 0 spiro atoms. The SMILES string of the molecule is C1=CCC2CC[CH-]C2=C1.[CH-]=C.[Cl-].[Cl-].[Zr+4]. The average Bonchev–Trinajstić information content (AvgIpc) is 2.55. The zero-order valence-corrected chi connectivity index (χ0v) is 12.0. The van der Waals surface area contributed by atoms with E-state index < -0.39 is 0 Å². The van der Waals surface area contributed by atoms with E-state index in [9.17, 15) is 0 Å². The van der Waals surface area contributed by atoms with E-state index in [0.717, 1.165) is 5.92 Å². The summed E-state index contributed by atoms with van der Waals surface area (Å²) in [5, 5.41) is 0. The monoisotopic (exact) mass is 306 g/mol. The van der Waals surface area contributed by atoms with Crippen molar-refractivity contribution < 1.29 is 51.0 Å². The van der Waals surface area contributed by atoms with E-state index in [-0.39, 0.29) is 51.0 Å². The molecule has 0 aromatic rings. The molecule has 2 rings (SSSR count). The van der Waals surface area contributed by atoms with Gasteiger partial charge in [0.15, 0.2) is 0 Å². The second-order valence-electron chi connectivity index (χ2n) is 2.81. The Kier molecular flexibility index (Phi) is 16.6. The molecule has 0 heterocycles. The summed E-state index contributed by atoms with van der Waals surface area (Å²) in [6.07, 6.45) is 13.0. The van der Waals surface area contributed by atoms with Gasteiger partial charge in [-0.15, -0.1) is 18.6 Å². The van der Waals surface area contributed by atoms with Crippen molar-refractivity contribution >= 4 is 0 Å². The zero-order valence-electron chi connectivity index (χ0n) is 8.05. The van der Waals surface area contributed by atoms with Gasteiger partial charge in [0.1, 0.15) is 0 Å². The van der Waals surface area contributed by atoms with E-state index in [4.69, 9.17) is 0 Å². The van der Waals surface area contributed by atoms with Crippen molar-refractivity contribution in [2.75, 3.05) is 0 Å². The molecule has 0 saturated heterocycles. The van der Waals surface area contributed by atoms with Crippen molar-refractivity contribution in [3.05, 3.63) is 43.4 Å². The molecule has 0 bridgehead atoms. The van der Waals surface area contributed by atoms with E-state index in [1.54, 1.807) is 5.57 Å². The van der Waals surface area contributed by atoms with Crippen LogP contribution in [0.3, 0.4) is 0 Å². The first-order chi connectivity index (χ1) is 5.47. The number of allylic oxidation sites excluding steroid dienone is 4. The summed E-state index contributed by atoms with van der Waals surface area (Å²) in [6.45, 7) is 7.00. The molecule has 3 heteroatoms. The molecule has 14 heavy (non-hydrogen) atoms. The predicted octanol–water partition coefficient (Wildman–Crippen LogP) is -2.90. The molecule has 0 radical (unpaired) electrons. The Morgan fingerprint density at radius 1 is 1.36 bits per heavy atom. The van der Waals surface area contributed by atoms with Crippen LogP contribution in [0.25, 0.3) is 0 Å². The Bertz CT molecular complexity index is 188. The maximum absolute atomic E-state index is 4.25. The van der Waals surface area contributed by atoms with E-state index in [1.807, 2.05) is 0 Å². The van der Waals surface area contributed by atoms with Gasteiger partial charge in [0, 0.05) is 0 Å². The first kappa shape index (κ1) is 20.0. The van der Waals surface area contributed by atoms with Crippen molar-refractivity contribution in [3.63, 3.8) is 0 Å². The van der Waals surface area contributed by atoms with Gasteiger partial charge in [-0.3, -0.25) is 6.58 Å². The number of fused-ring (bicyclic) bond motifs is 1. The molecular weight excluding hydrogens is 294 g/mol. The largest absolute Gasteiger partial charge is 4.00 e. The molecule has 1 unspecified atom stereocenters. The van der Waals surface area contributed by atoms with Crippen LogP contribution in [0, 0.1) is 18.9 Å². The van der Waals surface area contributed by atoms with Crippen LogP contribution in [0.2, 0.25) is 0 Å². The molecule has 2 aliphatic carbocycles. The standard InChI is InChI=1S/C9H11.C2H3.2ClH.Zr/c1-2-5-9-7-3-6-8(9)4-1;1-2;;;/h1-2,4,6,9H,3,5,7H2;1H,2H2;2*1H;/q2*-1;;;+4/p-2. The third-order valence-electron chi connectivity index (χ3n) is 2.21. The van der Waals surface area contributed by atoms with Gasteiger partial charge in [0.25, 0.3) is 0 Å². The maximum Gasteiger partial charge on any atom is 4.00 e. The van der Waals surface area contributed by atoms with Crippen molar-refractivity contribution in [3.8, 4) is 0 Å². The van der Waals surface area contributed by atoms with Crippen molar-refractivity contribution in [2.45, 2.75) is 19.3 Å². The second kappa shape index (κ2) is 11.6. The predicted molar refractivity (Wildman–Crippen MR) is 48.8 cm³/mol. The molecular formula is C11H14Cl2Zr. The molecule has 2 aliphatic rings. The summed E-state index contributed by atoms with van der Waals surface area (Å²) in [5.74, 6) is 0.884. The van der Waals surface area contributed by atoms with Gasteiger partial charge in [-0.2, -0.15) is 0 Å². The van der Waals surface area contributed by atoms with Crippen LogP contribution in [-0.4, -0.2) is 0 Å². The summed E-state index contributed by atoms with van der Waals surface area (Å²) in [6, 6.07) is 0. The third-order valence-corrected chi connectivity index (χ3v) is 2.21. The fourth-order valence-corrected chi connectivity index (χ4v) is 1.66. The normalized spacial score (nSPS) is 20.3. The summed E-state index contributed by atoms with van der Waals surface area (Å²) >= 11 is 0. The number of hydrogen-bond acceptors (Lipinski definition) is 0. The van der Waals surface area contributed by atoms with Crippen LogP contribution in [0.15, 0.2) is 30.4 Å². The Hall–Kier alpha value is 0.553. The van der Waals surface area contributed by atoms with Crippen LogP contribution in [0.5, 0.6) is 0 Å². The van der Waals surface area contributed by atoms with Gasteiger partial charge >= 0.3 is 26.2 Å². The van der Waals surface area contributed by atoms with Crippen LogP contribution < -0.4 is 24.8 Å². The van der Waals surface area contributed by atoms with E-state index >= 15 is 0 Å². The summed E-state index contributed by atoms with van der Waals surface area (Å²) in [7, 11) is 0. The molecule has 0 amide bonds. The van der Waals surface area contributed by atoms with E-state index in [1.165, 1.54) is 19.3 Å². The van der Waals surface area contributed by atoms with Gasteiger partial charge in [-0.1, -0.05) is 6.42 Å². The molecule has 1 saturated carbocycles. The maximum atomic E-state index is 4.25. The van der Waals surface area contributed by atoms with Crippen LogP contribution >= 0.6 is 0 Å². The minimum absolute atomic E-state index is 0. The average molecular weight is 308 g/mol. The minimum Gasteiger partial charge on any atom is -1.00 e. The summed E-state index contributed by atoms with van der Waals surface area (Å²) < 4.78 is 0. The van der Waals surface area contributed by atoms with Gasteiger partial charge in [0.2, 0.25) is 0 Å². The quantitative estimate of drug-likeness (QED) is 0.421. The first-order valence-corrected chi connectivity index (χ1v) is 4.07. The minimum atomic E-state index is 0. The smallest absolute Gasteiger partial charge is 1.00 e. The molecule has 0 aliphatic heterocycles. The molecule has 1 atom stereocenters. The van der Waals surface area contributed by atoms with Crippen molar-refractivity contribution in [1.82, 2.24) is 0 Å². The summed E-state index contributed by atoms with van der Waals surface area (Å²) in [5.41, 5.74) is 1.58. The van der Waals surface area contributed by atoms with Crippen LogP contribution in [0.1, 0.15) is 19.3 Å². The number of hydrogen-bond donors (Lipinski definition) is 0. The summed E-state index contributed by atoms with van der Waals surface area (Å²) in [4.78, 5) is 0. The van der Waals surface area contributed by atoms with E-state index in [0.29, 0.717) is 0 Å². The van der Waals surface area contributed by atoms with Gasteiger partial charge in [-0.05, 0) is 12.3 Å². The van der Waals surface area contributed by atoms with Gasteiger partial charge in [-0.25, -0.2) is 18.1 Å². The van der Waals surface area contributed by atoms with E-state index in [2.05, 4.69) is 37.8 Å². The van der Waals surface area contributed by atoms with Crippen LogP contribution in [0.4, 0.5) is 0 Å². The number of halogens is 2. The fraction of sp³-hybridized carbons (Fsp3) is 0.364. The van der Waals surface area contributed by atoms with Crippen LogP contribution in [-0.2, 0) is 26.2 Å². The Labute approximate surface area is 119 Å². The van der Waals surface area contributed by atoms with Crippen molar-refractivity contribution in [2.24, 2.45) is 5.92 Å². The topological polar surface area (TPSA) is 0 Å². The van der Waals surface area contributed by atoms with Gasteiger partial charge in [0.05, 0.1) is 0 Å². The molecule has 76 valence electrons. The Morgan fingerprint density at radius 2 is 2.00 bits per heavy atom. The molecule has 0 N–H and O–H groups in total. The third kappa shape index (κ3) is 5.44. The molecule has 0 aromatic carbocycles. The Balaban J connectivity index is -0.000000229. The fourth-order valence-electron chi connectivity index (χ4n) is 1.66. The Morgan fingerprint density at radius 3 is 2.57 bits per heavy atom. The second-order valence-corrected chi connectivity index (χ2v) is 2.81. The molecule has 0 nitrogen and oxygen atoms in total. The molecule has 0 aromatic heterocycles. The molecule has 1 fully saturated rings. The zero-order chi connectivity index (χ0) is 8.10. The first-order valence-electron chi connectivity index (χ1n) is 4.07.